The number of aromatic nitrogens is 4. The van der Waals surface area contributed by atoms with Gasteiger partial charge < -0.3 is 4.57 Å². The third kappa shape index (κ3) is 1.36. The van der Waals surface area contributed by atoms with Gasteiger partial charge >= 0.3 is 0 Å². The maximum atomic E-state index is 9.07. The zero-order valence-corrected chi connectivity index (χ0v) is 10.4. The Morgan fingerprint density at radius 3 is 2.72 bits per heavy atom. The van der Waals surface area contributed by atoms with Crippen molar-refractivity contribution in [2.75, 3.05) is 5.48 Å². The molecule has 0 aliphatic rings. The summed E-state index contributed by atoms with van der Waals surface area (Å²) in [5.74, 6) is 0.393. The molecule has 2 aromatic heterocycles. The maximum absolute atomic E-state index is 9.07. The van der Waals surface area contributed by atoms with Gasteiger partial charge in [-0.1, -0.05) is 0 Å². The molecule has 0 amide bonds. The molecule has 6 nitrogen and oxygen atoms in total. The van der Waals surface area contributed by atoms with E-state index in [4.69, 9.17) is 5.21 Å². The lowest BCUT2D eigenvalue weighted by Crippen LogP contribution is -1.99. The van der Waals surface area contributed by atoms with Crippen molar-refractivity contribution in [2.24, 2.45) is 7.05 Å². The van der Waals surface area contributed by atoms with Crippen LogP contribution < -0.4 is 5.48 Å². The molecule has 0 radical (unpaired) electrons. The summed E-state index contributed by atoms with van der Waals surface area (Å²) in [5.41, 5.74) is 7.25. The Labute approximate surface area is 103 Å². The predicted molar refractivity (Wildman–Crippen MR) is 68.7 cm³/mol. The topological polar surface area (TPSA) is 75.9 Å². The summed E-state index contributed by atoms with van der Waals surface area (Å²) in [6, 6.07) is 1.98. The first-order chi connectivity index (χ1) is 8.61. The summed E-state index contributed by atoms with van der Waals surface area (Å²) in [4.78, 5) is 13.2. The Morgan fingerprint density at radius 1 is 1.22 bits per heavy atom. The van der Waals surface area contributed by atoms with Crippen LogP contribution in [0.3, 0.4) is 0 Å². The molecule has 1 aromatic carbocycles. The number of aryl methyl sites for hydroxylation is 3. The molecular formula is C12H13N5O. The van der Waals surface area contributed by atoms with E-state index in [9.17, 15) is 0 Å². The molecule has 6 heteroatoms. The van der Waals surface area contributed by atoms with Crippen LogP contribution in [-0.2, 0) is 7.05 Å². The number of hydrogen-bond donors (Lipinski definition) is 2. The fraction of sp³-hybridized carbons (Fsp3) is 0.250. The van der Waals surface area contributed by atoms with Gasteiger partial charge in [0.2, 0.25) is 5.95 Å². The molecule has 2 N–H and O–H groups in total. The number of anilines is 1. The summed E-state index contributed by atoms with van der Waals surface area (Å²) >= 11 is 0. The van der Waals surface area contributed by atoms with Crippen LogP contribution in [0, 0.1) is 13.8 Å². The summed E-state index contributed by atoms with van der Waals surface area (Å²) in [6.45, 7) is 3.89. The van der Waals surface area contributed by atoms with Crippen LogP contribution in [0.2, 0.25) is 0 Å². The van der Waals surface area contributed by atoms with Crippen LogP contribution in [0.25, 0.3) is 22.1 Å². The van der Waals surface area contributed by atoms with Gasteiger partial charge in [-0.05, 0) is 25.5 Å². The van der Waals surface area contributed by atoms with E-state index in [0.717, 1.165) is 33.3 Å². The highest BCUT2D eigenvalue weighted by Gasteiger charge is 2.14. The van der Waals surface area contributed by atoms with Crippen molar-refractivity contribution in [2.45, 2.75) is 13.8 Å². The van der Waals surface area contributed by atoms with Crippen molar-refractivity contribution >= 4 is 28.0 Å². The van der Waals surface area contributed by atoms with E-state index in [1.165, 1.54) is 0 Å². The molecule has 18 heavy (non-hydrogen) atoms. The highest BCUT2D eigenvalue weighted by Crippen LogP contribution is 2.27. The summed E-state index contributed by atoms with van der Waals surface area (Å²) in [7, 11) is 1.84. The number of benzene rings is 1. The van der Waals surface area contributed by atoms with Crippen molar-refractivity contribution in [3.63, 3.8) is 0 Å². The molecule has 0 saturated heterocycles. The van der Waals surface area contributed by atoms with E-state index >= 15 is 0 Å². The molecule has 3 aromatic rings. The van der Waals surface area contributed by atoms with Crippen molar-refractivity contribution in [1.29, 1.82) is 0 Å². The number of rotatable bonds is 1. The van der Waals surface area contributed by atoms with E-state index in [-0.39, 0.29) is 0 Å². The normalized spacial score (nSPS) is 11.3. The van der Waals surface area contributed by atoms with E-state index in [1.54, 1.807) is 10.8 Å². The van der Waals surface area contributed by atoms with Crippen molar-refractivity contribution in [3.8, 4) is 0 Å². The Kier molecular flexibility index (Phi) is 2.21. The van der Waals surface area contributed by atoms with E-state index < -0.39 is 0 Å². The smallest absolute Gasteiger partial charge is 0.227 e. The number of nitrogens with one attached hydrogen (secondary N) is 1. The van der Waals surface area contributed by atoms with E-state index in [0.29, 0.717) is 5.95 Å². The average molecular weight is 243 g/mol. The average Bonchev–Trinajstić information content (AvgIpc) is 2.68. The SMILES string of the molecule is Cc1cnc2cc(C)c3c(nc(NO)n3C)c2n1. The first kappa shape index (κ1) is 10.9. The minimum Gasteiger partial charge on any atom is -0.311 e. The first-order valence-corrected chi connectivity index (χ1v) is 5.61. The number of fused-ring (bicyclic) bond motifs is 3. The molecule has 0 aliphatic heterocycles. The number of nitrogens with zero attached hydrogens (tertiary/aromatic N) is 4. The van der Waals surface area contributed by atoms with E-state index in [2.05, 4.69) is 20.4 Å². The van der Waals surface area contributed by atoms with Crippen molar-refractivity contribution in [3.05, 3.63) is 23.5 Å². The van der Waals surface area contributed by atoms with Crippen LogP contribution in [-0.4, -0.2) is 24.7 Å². The van der Waals surface area contributed by atoms with Crippen LogP contribution in [0.5, 0.6) is 0 Å². The van der Waals surface area contributed by atoms with Gasteiger partial charge in [0.1, 0.15) is 11.0 Å². The lowest BCUT2D eigenvalue weighted by atomic mass is 10.1. The molecule has 0 fully saturated rings. The second-order valence-corrected chi connectivity index (χ2v) is 4.38. The Bertz CT molecular complexity index is 762. The highest BCUT2D eigenvalue weighted by atomic mass is 16.5. The van der Waals surface area contributed by atoms with Crippen LogP contribution in [0.15, 0.2) is 12.3 Å². The standard InChI is InChI=1S/C12H13N5O/c1-6-4-8-9(14-7(2)5-13-8)10-11(6)17(3)12(15-10)16-18/h4-5,18H,1-3H3,(H,15,16). The van der Waals surface area contributed by atoms with Gasteiger partial charge in [0.15, 0.2) is 0 Å². The quantitative estimate of drug-likeness (QED) is 0.639. The lowest BCUT2D eigenvalue weighted by molar-refractivity contribution is 0.380. The molecule has 92 valence electrons. The summed E-state index contributed by atoms with van der Waals surface area (Å²) < 4.78 is 1.80. The van der Waals surface area contributed by atoms with Gasteiger partial charge in [-0.15, -0.1) is 0 Å². The van der Waals surface area contributed by atoms with Gasteiger partial charge in [-0.25, -0.2) is 15.4 Å². The minimum absolute atomic E-state index is 0.393. The van der Waals surface area contributed by atoms with E-state index in [1.807, 2.05) is 27.0 Å². The number of imidazole rings is 1. The third-order valence-corrected chi connectivity index (χ3v) is 3.07. The Hall–Kier alpha value is -2.21. The van der Waals surface area contributed by atoms with Crippen molar-refractivity contribution < 1.29 is 5.21 Å². The predicted octanol–water partition coefficient (Wildman–Crippen LogP) is 1.93. The highest BCUT2D eigenvalue weighted by molar-refractivity contribution is 6.02. The molecule has 0 aliphatic carbocycles. The van der Waals surface area contributed by atoms with Crippen LogP contribution in [0.4, 0.5) is 5.95 Å². The Balaban J connectivity index is 2.56. The zero-order chi connectivity index (χ0) is 12.9. The van der Waals surface area contributed by atoms with Gasteiger partial charge in [0.05, 0.1) is 16.7 Å². The van der Waals surface area contributed by atoms with Crippen LogP contribution >= 0.6 is 0 Å². The molecular weight excluding hydrogens is 230 g/mol. The van der Waals surface area contributed by atoms with Gasteiger partial charge in [0.25, 0.3) is 0 Å². The molecule has 2 heterocycles. The van der Waals surface area contributed by atoms with Gasteiger partial charge in [-0.2, -0.15) is 0 Å². The van der Waals surface area contributed by atoms with Crippen LogP contribution in [0.1, 0.15) is 11.3 Å². The first-order valence-electron chi connectivity index (χ1n) is 5.61. The summed E-state index contributed by atoms with van der Waals surface area (Å²) in [5, 5.41) is 9.07. The molecule has 0 atom stereocenters. The molecule has 3 rings (SSSR count). The molecule has 0 unspecified atom stereocenters. The number of hydrogen-bond acceptors (Lipinski definition) is 5. The summed E-state index contributed by atoms with van der Waals surface area (Å²) in [6.07, 6.45) is 1.74. The molecule has 0 saturated carbocycles. The fourth-order valence-corrected chi connectivity index (χ4v) is 2.25. The second-order valence-electron chi connectivity index (χ2n) is 4.38. The van der Waals surface area contributed by atoms with Gasteiger partial charge in [-0.3, -0.25) is 10.2 Å². The monoisotopic (exact) mass is 243 g/mol. The largest absolute Gasteiger partial charge is 0.311 e. The Morgan fingerprint density at radius 2 is 2.00 bits per heavy atom. The third-order valence-electron chi connectivity index (χ3n) is 3.07. The minimum atomic E-state index is 0.393. The second kappa shape index (κ2) is 3.64. The van der Waals surface area contributed by atoms with Crippen molar-refractivity contribution in [1.82, 2.24) is 19.5 Å². The lowest BCUT2D eigenvalue weighted by Gasteiger charge is -2.04. The van der Waals surface area contributed by atoms with Gasteiger partial charge in [0, 0.05) is 13.2 Å². The fourth-order valence-electron chi connectivity index (χ4n) is 2.25. The zero-order valence-electron chi connectivity index (χ0n) is 10.4. The molecule has 0 spiro atoms. The maximum Gasteiger partial charge on any atom is 0.227 e. The molecule has 0 bridgehead atoms.